The van der Waals surface area contributed by atoms with E-state index in [2.05, 4.69) is 10.3 Å². The highest BCUT2D eigenvalue weighted by Gasteiger charge is 2.24. The Morgan fingerprint density at radius 3 is 2.26 bits per heavy atom. The van der Waals surface area contributed by atoms with Gasteiger partial charge in [0.15, 0.2) is 5.17 Å². The van der Waals surface area contributed by atoms with Gasteiger partial charge in [-0.3, -0.25) is 19.9 Å². The van der Waals surface area contributed by atoms with E-state index in [1.165, 1.54) is 11.8 Å². The maximum absolute atomic E-state index is 12.2. The Labute approximate surface area is 119 Å². The summed E-state index contributed by atoms with van der Waals surface area (Å²) in [6.45, 7) is 10.1. The van der Waals surface area contributed by atoms with E-state index in [0.717, 1.165) is 5.75 Å². The summed E-state index contributed by atoms with van der Waals surface area (Å²) in [6.07, 6.45) is 0. The Balaban J connectivity index is 2.60. The van der Waals surface area contributed by atoms with E-state index in [-0.39, 0.29) is 0 Å². The van der Waals surface area contributed by atoms with E-state index in [0.29, 0.717) is 36.6 Å². The molecule has 1 N–H and O–H groups in total. The van der Waals surface area contributed by atoms with E-state index in [1.807, 2.05) is 27.7 Å². The van der Waals surface area contributed by atoms with Gasteiger partial charge in [0, 0.05) is 18.8 Å². The van der Waals surface area contributed by atoms with Crippen LogP contribution in [0.4, 0.5) is 0 Å². The predicted octanol–water partition coefficient (Wildman–Crippen LogP) is 1.35. The third-order valence-corrected chi connectivity index (χ3v) is 3.35. The first-order valence-electron chi connectivity index (χ1n) is 6.67. The number of thioether (sulfide) groups is 1. The minimum Gasteiger partial charge on any atom is -0.334 e. The summed E-state index contributed by atoms with van der Waals surface area (Å²) in [6, 6.07) is 0. The summed E-state index contributed by atoms with van der Waals surface area (Å²) in [5.74, 6) is 0.514. The number of amides is 2. The second-order valence-electron chi connectivity index (χ2n) is 5.49. The van der Waals surface area contributed by atoms with Crippen molar-refractivity contribution in [2.24, 2.45) is 16.8 Å². The Morgan fingerprint density at radius 1 is 1.26 bits per heavy atom. The van der Waals surface area contributed by atoms with Gasteiger partial charge in [-0.15, -0.1) is 0 Å². The summed E-state index contributed by atoms with van der Waals surface area (Å²) < 4.78 is 0. The van der Waals surface area contributed by atoms with Crippen molar-refractivity contribution in [3.05, 3.63) is 0 Å². The smallest absolute Gasteiger partial charge is 0.315 e. The first-order chi connectivity index (χ1) is 8.90. The van der Waals surface area contributed by atoms with Crippen LogP contribution in [0.3, 0.4) is 0 Å². The predicted molar refractivity (Wildman–Crippen MR) is 79.2 cm³/mol. The van der Waals surface area contributed by atoms with Crippen LogP contribution in [-0.4, -0.2) is 47.3 Å². The van der Waals surface area contributed by atoms with Crippen molar-refractivity contribution in [3.63, 3.8) is 0 Å². The third-order valence-electron chi connectivity index (χ3n) is 2.46. The van der Waals surface area contributed by atoms with Crippen molar-refractivity contribution in [1.82, 2.24) is 10.2 Å². The van der Waals surface area contributed by atoms with E-state index >= 15 is 0 Å². The topological polar surface area (TPSA) is 61.8 Å². The number of aliphatic imine (C=N–C) groups is 1. The molecular formula is C13H23N3O2S. The number of nitrogens with zero attached hydrogens (tertiary/aromatic N) is 2. The fourth-order valence-electron chi connectivity index (χ4n) is 1.83. The van der Waals surface area contributed by atoms with Gasteiger partial charge in [-0.25, -0.2) is 0 Å². The van der Waals surface area contributed by atoms with Crippen molar-refractivity contribution in [3.8, 4) is 0 Å². The Morgan fingerprint density at radius 2 is 1.84 bits per heavy atom. The first-order valence-corrected chi connectivity index (χ1v) is 7.66. The summed E-state index contributed by atoms with van der Waals surface area (Å²) >= 11 is 1.47. The van der Waals surface area contributed by atoms with Gasteiger partial charge in [-0.1, -0.05) is 39.5 Å². The van der Waals surface area contributed by atoms with Crippen molar-refractivity contribution in [2.45, 2.75) is 27.7 Å². The molecule has 2 amide bonds. The molecule has 1 aliphatic heterocycles. The minimum absolute atomic E-state index is 0.341. The van der Waals surface area contributed by atoms with Crippen LogP contribution in [0.1, 0.15) is 27.7 Å². The van der Waals surface area contributed by atoms with Crippen LogP contribution in [0.25, 0.3) is 0 Å². The SMILES string of the molecule is CC(C)CN(CC(C)C)C(=O)C(=O)NC1=NCCS1. The molecule has 0 unspecified atom stereocenters. The number of carbonyl (C=O) groups is 2. The minimum atomic E-state index is -0.575. The van der Waals surface area contributed by atoms with Gasteiger partial charge in [0.1, 0.15) is 0 Å². The van der Waals surface area contributed by atoms with Crippen LogP contribution in [0.15, 0.2) is 4.99 Å². The maximum atomic E-state index is 12.2. The lowest BCUT2D eigenvalue weighted by Gasteiger charge is -2.25. The molecule has 0 radical (unpaired) electrons. The van der Waals surface area contributed by atoms with Crippen molar-refractivity contribution >= 4 is 28.7 Å². The molecule has 0 aromatic heterocycles. The van der Waals surface area contributed by atoms with E-state index in [9.17, 15) is 9.59 Å². The average Bonchev–Trinajstić information content (AvgIpc) is 2.78. The van der Waals surface area contributed by atoms with Crippen LogP contribution in [0, 0.1) is 11.8 Å². The van der Waals surface area contributed by atoms with Crippen molar-refractivity contribution < 1.29 is 9.59 Å². The number of amidine groups is 1. The fraction of sp³-hybridized carbons (Fsp3) is 0.769. The molecule has 6 heteroatoms. The standard InChI is InChI=1S/C13H23N3O2S/c1-9(2)7-16(8-10(3)4)12(18)11(17)15-13-14-5-6-19-13/h9-10H,5-8H2,1-4H3,(H,14,15,17). The van der Waals surface area contributed by atoms with Gasteiger partial charge in [0.25, 0.3) is 0 Å². The molecule has 0 fully saturated rings. The second kappa shape index (κ2) is 7.53. The largest absolute Gasteiger partial charge is 0.334 e. The number of hydrogen-bond donors (Lipinski definition) is 1. The lowest BCUT2D eigenvalue weighted by atomic mass is 10.1. The molecule has 1 rings (SSSR count). The van der Waals surface area contributed by atoms with Crippen molar-refractivity contribution in [1.29, 1.82) is 0 Å². The molecule has 0 saturated carbocycles. The summed E-state index contributed by atoms with van der Waals surface area (Å²) in [5, 5.41) is 3.15. The Hall–Kier alpha value is -1.04. The van der Waals surface area contributed by atoms with Crippen molar-refractivity contribution in [2.75, 3.05) is 25.4 Å². The zero-order valence-electron chi connectivity index (χ0n) is 12.1. The van der Waals surface area contributed by atoms with Gasteiger partial charge < -0.3 is 4.90 Å². The van der Waals surface area contributed by atoms with Crippen LogP contribution in [0.5, 0.6) is 0 Å². The highest BCUT2D eigenvalue weighted by Crippen LogP contribution is 2.09. The second-order valence-corrected chi connectivity index (χ2v) is 6.57. The molecular weight excluding hydrogens is 262 g/mol. The van der Waals surface area contributed by atoms with Gasteiger partial charge in [0.2, 0.25) is 0 Å². The molecule has 108 valence electrons. The lowest BCUT2D eigenvalue weighted by molar-refractivity contribution is -0.145. The third kappa shape index (κ3) is 5.63. The molecule has 0 aromatic carbocycles. The summed E-state index contributed by atoms with van der Waals surface area (Å²) in [4.78, 5) is 29.8. The van der Waals surface area contributed by atoms with Crippen LogP contribution in [-0.2, 0) is 9.59 Å². The first kappa shape index (κ1) is 16.0. The summed E-state index contributed by atoms with van der Waals surface area (Å²) in [7, 11) is 0. The quantitative estimate of drug-likeness (QED) is 0.793. The van der Waals surface area contributed by atoms with Crippen LogP contribution >= 0.6 is 11.8 Å². The van der Waals surface area contributed by atoms with Gasteiger partial charge in [-0.05, 0) is 11.8 Å². The number of hydrogen-bond acceptors (Lipinski definition) is 4. The molecule has 1 heterocycles. The highest BCUT2D eigenvalue weighted by atomic mass is 32.2. The van der Waals surface area contributed by atoms with E-state index in [4.69, 9.17) is 0 Å². The number of nitrogens with one attached hydrogen (secondary N) is 1. The monoisotopic (exact) mass is 285 g/mol. The fourth-order valence-corrected chi connectivity index (χ4v) is 2.55. The van der Waals surface area contributed by atoms with Gasteiger partial charge in [0.05, 0.1) is 6.54 Å². The molecule has 0 aliphatic carbocycles. The highest BCUT2D eigenvalue weighted by molar-refractivity contribution is 8.14. The summed E-state index contributed by atoms with van der Waals surface area (Å²) in [5.41, 5.74) is 0. The average molecular weight is 285 g/mol. The molecule has 0 aromatic rings. The number of carbonyl (C=O) groups excluding carboxylic acids is 2. The maximum Gasteiger partial charge on any atom is 0.315 e. The van der Waals surface area contributed by atoms with Crippen LogP contribution < -0.4 is 5.32 Å². The normalized spacial score (nSPS) is 14.7. The van der Waals surface area contributed by atoms with E-state index < -0.39 is 11.8 Å². The molecule has 0 saturated heterocycles. The Bertz CT molecular complexity index is 357. The van der Waals surface area contributed by atoms with E-state index in [1.54, 1.807) is 4.90 Å². The van der Waals surface area contributed by atoms with Gasteiger partial charge >= 0.3 is 11.8 Å². The lowest BCUT2D eigenvalue weighted by Crippen LogP contribution is -2.46. The molecule has 19 heavy (non-hydrogen) atoms. The molecule has 1 aliphatic rings. The molecule has 0 bridgehead atoms. The zero-order valence-corrected chi connectivity index (χ0v) is 12.9. The molecule has 5 nitrogen and oxygen atoms in total. The van der Waals surface area contributed by atoms with Crippen LogP contribution in [0.2, 0.25) is 0 Å². The van der Waals surface area contributed by atoms with Gasteiger partial charge in [-0.2, -0.15) is 0 Å². The zero-order chi connectivity index (χ0) is 14.4. The molecule has 0 spiro atoms. The Kier molecular flexibility index (Phi) is 6.34. The number of rotatable bonds is 4. The molecule has 0 atom stereocenters.